The Bertz CT molecular complexity index is 1270. The standard InChI is InChI=1S/C25H20FN3O3S/c1-32-22-11-9-20(10-12-22)28-24(31)16-5-7-19(8-6-16)27-23(30)14-21-15-33-25(29-21)17-3-2-4-18(26)13-17/h2-13,15H,14H2,1H3,(H,27,30)(H,28,31). The maximum Gasteiger partial charge on any atom is 0.255 e. The Morgan fingerprint density at radius 1 is 0.970 bits per heavy atom. The molecule has 0 unspecified atom stereocenters. The van der Waals surface area contributed by atoms with E-state index in [0.29, 0.717) is 39.0 Å². The van der Waals surface area contributed by atoms with E-state index in [-0.39, 0.29) is 24.1 Å². The van der Waals surface area contributed by atoms with E-state index in [1.165, 1.54) is 23.5 Å². The molecule has 0 atom stereocenters. The summed E-state index contributed by atoms with van der Waals surface area (Å²) in [6, 6.07) is 19.8. The highest BCUT2D eigenvalue weighted by molar-refractivity contribution is 7.13. The van der Waals surface area contributed by atoms with Crippen LogP contribution < -0.4 is 15.4 Å². The van der Waals surface area contributed by atoms with Crippen molar-refractivity contribution in [1.82, 2.24) is 4.98 Å². The molecule has 0 radical (unpaired) electrons. The minimum atomic E-state index is -0.330. The Balaban J connectivity index is 1.33. The van der Waals surface area contributed by atoms with Crippen LogP contribution in [0.2, 0.25) is 0 Å². The SMILES string of the molecule is COc1ccc(NC(=O)c2ccc(NC(=O)Cc3csc(-c4cccc(F)c4)n3)cc2)cc1. The van der Waals surface area contributed by atoms with Crippen molar-refractivity contribution in [2.75, 3.05) is 17.7 Å². The van der Waals surface area contributed by atoms with Gasteiger partial charge in [0.15, 0.2) is 0 Å². The normalized spacial score (nSPS) is 10.5. The molecule has 3 aromatic carbocycles. The minimum Gasteiger partial charge on any atom is -0.497 e. The lowest BCUT2D eigenvalue weighted by Crippen LogP contribution is -2.15. The minimum absolute atomic E-state index is 0.0888. The van der Waals surface area contributed by atoms with Gasteiger partial charge in [0.2, 0.25) is 5.91 Å². The second-order valence-corrected chi connectivity index (χ2v) is 8.00. The molecule has 0 aliphatic heterocycles. The number of nitrogens with zero attached hydrogens (tertiary/aromatic N) is 1. The number of aromatic nitrogens is 1. The van der Waals surface area contributed by atoms with Crippen molar-refractivity contribution in [3.05, 3.63) is 95.3 Å². The first-order valence-corrected chi connectivity index (χ1v) is 10.9. The smallest absolute Gasteiger partial charge is 0.255 e. The Morgan fingerprint density at radius 2 is 1.67 bits per heavy atom. The molecule has 166 valence electrons. The summed E-state index contributed by atoms with van der Waals surface area (Å²) in [6.45, 7) is 0. The van der Waals surface area contributed by atoms with E-state index in [2.05, 4.69) is 15.6 Å². The zero-order valence-electron chi connectivity index (χ0n) is 17.7. The van der Waals surface area contributed by atoms with Gasteiger partial charge in [-0.2, -0.15) is 0 Å². The molecule has 8 heteroatoms. The summed E-state index contributed by atoms with van der Waals surface area (Å²) < 4.78 is 18.5. The lowest BCUT2D eigenvalue weighted by atomic mass is 10.2. The predicted octanol–water partition coefficient (Wildman–Crippen LogP) is 5.39. The van der Waals surface area contributed by atoms with Gasteiger partial charge < -0.3 is 15.4 Å². The molecule has 2 N–H and O–H groups in total. The third-order valence-electron chi connectivity index (χ3n) is 4.74. The van der Waals surface area contributed by atoms with Crippen molar-refractivity contribution in [1.29, 1.82) is 0 Å². The van der Waals surface area contributed by atoms with Crippen LogP contribution in [0.3, 0.4) is 0 Å². The number of anilines is 2. The molecule has 4 rings (SSSR count). The number of nitrogens with one attached hydrogen (secondary N) is 2. The second kappa shape index (κ2) is 10.1. The number of methoxy groups -OCH3 is 1. The highest BCUT2D eigenvalue weighted by atomic mass is 32.1. The van der Waals surface area contributed by atoms with E-state index >= 15 is 0 Å². The van der Waals surface area contributed by atoms with Gasteiger partial charge in [-0.25, -0.2) is 9.37 Å². The van der Waals surface area contributed by atoms with Gasteiger partial charge in [0.1, 0.15) is 16.6 Å². The molecule has 0 saturated carbocycles. The van der Waals surface area contributed by atoms with Gasteiger partial charge in [0.25, 0.3) is 5.91 Å². The Morgan fingerprint density at radius 3 is 2.36 bits per heavy atom. The molecule has 0 aliphatic carbocycles. The maximum atomic E-state index is 13.4. The van der Waals surface area contributed by atoms with Crippen LogP contribution in [0.4, 0.5) is 15.8 Å². The van der Waals surface area contributed by atoms with Crippen LogP contribution in [-0.2, 0) is 11.2 Å². The fourth-order valence-corrected chi connectivity index (χ4v) is 3.91. The van der Waals surface area contributed by atoms with Crippen LogP contribution in [0.15, 0.2) is 78.2 Å². The molecule has 0 fully saturated rings. The van der Waals surface area contributed by atoms with E-state index < -0.39 is 0 Å². The van der Waals surface area contributed by atoms with Crippen molar-refractivity contribution in [2.45, 2.75) is 6.42 Å². The number of carbonyl (C=O) groups excluding carboxylic acids is 2. The number of thiazole rings is 1. The number of halogens is 1. The van der Waals surface area contributed by atoms with Crippen molar-refractivity contribution in [3.8, 4) is 16.3 Å². The van der Waals surface area contributed by atoms with Gasteiger partial charge in [0, 0.05) is 27.9 Å². The van der Waals surface area contributed by atoms with Gasteiger partial charge in [-0.15, -0.1) is 11.3 Å². The summed E-state index contributed by atoms with van der Waals surface area (Å²) in [5.74, 6) is -0.119. The third kappa shape index (κ3) is 5.81. The van der Waals surface area contributed by atoms with E-state index in [1.807, 2.05) is 0 Å². The first-order valence-electron chi connectivity index (χ1n) is 10.1. The number of benzene rings is 3. The molecule has 0 bridgehead atoms. The highest BCUT2D eigenvalue weighted by Gasteiger charge is 2.11. The summed E-state index contributed by atoms with van der Waals surface area (Å²) in [4.78, 5) is 29.2. The van der Waals surface area contributed by atoms with Crippen LogP contribution in [0, 0.1) is 5.82 Å². The molecule has 1 aromatic heterocycles. The summed E-state index contributed by atoms with van der Waals surface area (Å²) in [6.07, 6.45) is 0.0888. The van der Waals surface area contributed by atoms with E-state index in [9.17, 15) is 14.0 Å². The fraction of sp³-hybridized carbons (Fsp3) is 0.0800. The Hall–Kier alpha value is -4.04. The number of carbonyl (C=O) groups is 2. The predicted molar refractivity (Wildman–Crippen MR) is 127 cm³/mol. The Kier molecular flexibility index (Phi) is 6.75. The van der Waals surface area contributed by atoms with Gasteiger partial charge in [-0.3, -0.25) is 9.59 Å². The molecule has 1 heterocycles. The number of rotatable bonds is 7. The quantitative estimate of drug-likeness (QED) is 0.387. The van der Waals surface area contributed by atoms with Crippen molar-refractivity contribution >= 4 is 34.5 Å². The zero-order chi connectivity index (χ0) is 23.2. The van der Waals surface area contributed by atoms with Gasteiger partial charge >= 0.3 is 0 Å². The van der Waals surface area contributed by atoms with Crippen LogP contribution >= 0.6 is 11.3 Å². The highest BCUT2D eigenvalue weighted by Crippen LogP contribution is 2.24. The fourth-order valence-electron chi connectivity index (χ4n) is 3.09. The molecule has 2 amide bonds. The van der Waals surface area contributed by atoms with Crippen LogP contribution in [0.25, 0.3) is 10.6 Å². The van der Waals surface area contributed by atoms with Crippen molar-refractivity contribution in [3.63, 3.8) is 0 Å². The number of hydrogen-bond donors (Lipinski definition) is 2. The van der Waals surface area contributed by atoms with E-state index in [0.717, 1.165) is 0 Å². The van der Waals surface area contributed by atoms with Gasteiger partial charge in [-0.1, -0.05) is 12.1 Å². The number of hydrogen-bond acceptors (Lipinski definition) is 5. The summed E-state index contributed by atoms with van der Waals surface area (Å²) in [5, 5.41) is 8.05. The molecular weight excluding hydrogens is 441 g/mol. The molecule has 6 nitrogen and oxygen atoms in total. The summed E-state index contributed by atoms with van der Waals surface area (Å²) in [5.41, 5.74) is 2.96. The average Bonchev–Trinajstić information content (AvgIpc) is 3.28. The second-order valence-electron chi connectivity index (χ2n) is 7.14. The van der Waals surface area contributed by atoms with Crippen molar-refractivity contribution < 1.29 is 18.7 Å². The maximum absolute atomic E-state index is 13.4. The topological polar surface area (TPSA) is 80.3 Å². The van der Waals surface area contributed by atoms with Crippen LogP contribution in [0.5, 0.6) is 5.75 Å². The number of amides is 2. The lowest BCUT2D eigenvalue weighted by molar-refractivity contribution is -0.115. The van der Waals surface area contributed by atoms with E-state index in [1.54, 1.807) is 73.2 Å². The van der Waals surface area contributed by atoms with Crippen LogP contribution in [-0.4, -0.2) is 23.9 Å². The van der Waals surface area contributed by atoms with Gasteiger partial charge in [-0.05, 0) is 60.7 Å². The first kappa shape index (κ1) is 22.2. The first-order chi connectivity index (χ1) is 16.0. The molecule has 0 spiro atoms. The average molecular weight is 462 g/mol. The summed E-state index contributed by atoms with van der Waals surface area (Å²) in [7, 11) is 1.58. The van der Waals surface area contributed by atoms with Crippen molar-refractivity contribution in [2.24, 2.45) is 0 Å². The third-order valence-corrected chi connectivity index (χ3v) is 5.68. The lowest BCUT2D eigenvalue weighted by Gasteiger charge is -2.08. The largest absolute Gasteiger partial charge is 0.497 e. The number of ether oxygens (including phenoxy) is 1. The Labute approximate surface area is 194 Å². The summed E-state index contributed by atoms with van der Waals surface area (Å²) >= 11 is 1.36. The molecule has 0 saturated heterocycles. The molecule has 4 aromatic rings. The molecule has 33 heavy (non-hydrogen) atoms. The molecule has 0 aliphatic rings. The zero-order valence-corrected chi connectivity index (χ0v) is 18.5. The monoisotopic (exact) mass is 461 g/mol. The van der Waals surface area contributed by atoms with Gasteiger partial charge in [0.05, 0.1) is 19.2 Å². The van der Waals surface area contributed by atoms with Crippen LogP contribution in [0.1, 0.15) is 16.1 Å². The van der Waals surface area contributed by atoms with E-state index in [4.69, 9.17) is 4.74 Å². The molecular formula is C25H20FN3O3S.